The van der Waals surface area contributed by atoms with Crippen LogP contribution in [0.15, 0.2) is 77.6 Å². The van der Waals surface area contributed by atoms with E-state index in [4.69, 9.17) is 4.74 Å². The van der Waals surface area contributed by atoms with E-state index in [1.807, 2.05) is 37.3 Å². The van der Waals surface area contributed by atoms with Crippen molar-refractivity contribution in [3.8, 4) is 11.1 Å². The number of aryl methyl sites for hydroxylation is 1. The third kappa shape index (κ3) is 5.49. The Balaban J connectivity index is 1.67. The molecule has 0 aliphatic heterocycles. The number of amides is 2. The molecule has 1 heterocycles. The number of hydrogen-bond donors (Lipinski definition) is 2. The molecule has 8 nitrogen and oxygen atoms in total. The Morgan fingerprint density at radius 3 is 2.03 bits per heavy atom. The Morgan fingerprint density at radius 1 is 0.868 bits per heavy atom. The Labute approximate surface area is 220 Å². The molecule has 2 N–H and O–H groups in total. The van der Waals surface area contributed by atoms with Gasteiger partial charge in [0, 0.05) is 36.3 Å². The summed E-state index contributed by atoms with van der Waals surface area (Å²) in [5.74, 6) is -1.47. The van der Waals surface area contributed by atoms with E-state index >= 15 is 0 Å². The largest absolute Gasteiger partial charge is 0.448 e. The van der Waals surface area contributed by atoms with E-state index in [0.29, 0.717) is 27.7 Å². The number of fused-ring (bicyclic) bond motifs is 1. The fourth-order valence-corrected chi connectivity index (χ4v) is 4.29. The molecule has 0 bridgehead atoms. The fraction of sp³-hybridized carbons (Fsp3) is 0.200. The topological polar surface area (TPSA) is 106 Å². The maximum atomic E-state index is 13.6. The van der Waals surface area contributed by atoms with Crippen molar-refractivity contribution in [1.29, 1.82) is 0 Å². The van der Waals surface area contributed by atoms with E-state index in [1.54, 1.807) is 49.4 Å². The number of rotatable bonds is 7. The van der Waals surface area contributed by atoms with Gasteiger partial charge < -0.3 is 19.9 Å². The zero-order valence-corrected chi connectivity index (χ0v) is 21.7. The number of carbonyl (C=O) groups excluding carboxylic acids is 3. The summed E-state index contributed by atoms with van der Waals surface area (Å²) in [6, 6.07) is 21.4. The van der Waals surface area contributed by atoms with Gasteiger partial charge in [-0.05, 0) is 54.6 Å². The van der Waals surface area contributed by atoms with Crippen LogP contribution in [0.4, 0.5) is 11.4 Å². The summed E-state index contributed by atoms with van der Waals surface area (Å²) in [7, 11) is 1.53. The minimum absolute atomic E-state index is 0.0727. The van der Waals surface area contributed by atoms with E-state index in [0.717, 1.165) is 11.1 Å². The number of nitrogens with one attached hydrogen (secondary N) is 2. The van der Waals surface area contributed by atoms with Gasteiger partial charge in [-0.2, -0.15) is 0 Å². The second-order valence-corrected chi connectivity index (χ2v) is 9.05. The Morgan fingerprint density at radius 2 is 1.45 bits per heavy atom. The standard InChI is InChI=1S/C30H29N3O5/c1-5-25(28(35)32-22-16-14-21(15-17-22)31-19(3)34)38-30(37)27-26(20-12-10-18(2)11-13-20)23-8-6-7-9-24(23)29(36)33(27)4/h6-17,25H,5H2,1-4H3,(H,31,34)(H,32,35). The van der Waals surface area contributed by atoms with Gasteiger partial charge in [0.1, 0.15) is 5.69 Å². The molecule has 0 spiro atoms. The predicted molar refractivity (Wildman–Crippen MR) is 148 cm³/mol. The first-order chi connectivity index (χ1) is 18.2. The highest BCUT2D eigenvalue weighted by atomic mass is 16.5. The maximum Gasteiger partial charge on any atom is 0.356 e. The minimum atomic E-state index is -1.09. The van der Waals surface area contributed by atoms with Gasteiger partial charge in [-0.25, -0.2) is 4.79 Å². The van der Waals surface area contributed by atoms with E-state index in [1.165, 1.54) is 18.5 Å². The van der Waals surface area contributed by atoms with Crippen LogP contribution in [0.25, 0.3) is 21.9 Å². The number of benzene rings is 3. The molecule has 0 saturated carbocycles. The summed E-state index contributed by atoms with van der Waals surface area (Å²) in [4.78, 5) is 51.0. The molecular weight excluding hydrogens is 482 g/mol. The lowest BCUT2D eigenvalue weighted by Crippen LogP contribution is -2.34. The average molecular weight is 512 g/mol. The van der Waals surface area contributed by atoms with E-state index < -0.39 is 18.0 Å². The van der Waals surface area contributed by atoms with Crippen LogP contribution in [-0.2, 0) is 21.4 Å². The van der Waals surface area contributed by atoms with Crippen molar-refractivity contribution in [3.63, 3.8) is 0 Å². The lowest BCUT2D eigenvalue weighted by molar-refractivity contribution is -0.124. The van der Waals surface area contributed by atoms with Crippen molar-refractivity contribution in [2.45, 2.75) is 33.3 Å². The third-order valence-corrected chi connectivity index (χ3v) is 6.22. The minimum Gasteiger partial charge on any atom is -0.448 e. The number of ether oxygens (including phenoxy) is 1. The molecule has 0 radical (unpaired) electrons. The van der Waals surface area contributed by atoms with E-state index in [-0.39, 0.29) is 23.6 Å². The van der Waals surface area contributed by atoms with Gasteiger partial charge >= 0.3 is 5.97 Å². The van der Waals surface area contributed by atoms with Crippen molar-refractivity contribution in [3.05, 3.63) is 94.4 Å². The zero-order valence-electron chi connectivity index (χ0n) is 21.7. The first-order valence-electron chi connectivity index (χ1n) is 12.3. The van der Waals surface area contributed by atoms with Crippen molar-refractivity contribution < 1.29 is 19.1 Å². The molecule has 0 saturated heterocycles. The van der Waals surface area contributed by atoms with Crippen LogP contribution < -0.4 is 16.2 Å². The van der Waals surface area contributed by atoms with Gasteiger partial charge in [-0.15, -0.1) is 0 Å². The Hall–Kier alpha value is -4.72. The van der Waals surface area contributed by atoms with Gasteiger partial charge in [0.2, 0.25) is 5.91 Å². The molecule has 1 unspecified atom stereocenters. The molecule has 1 atom stereocenters. The quantitative estimate of drug-likeness (QED) is 0.338. The fourth-order valence-electron chi connectivity index (χ4n) is 4.29. The third-order valence-electron chi connectivity index (χ3n) is 6.22. The first-order valence-corrected chi connectivity index (χ1v) is 12.3. The number of nitrogens with zero attached hydrogens (tertiary/aromatic N) is 1. The van der Waals surface area contributed by atoms with Gasteiger partial charge in [0.05, 0.1) is 0 Å². The highest BCUT2D eigenvalue weighted by Crippen LogP contribution is 2.31. The molecule has 4 rings (SSSR count). The van der Waals surface area contributed by atoms with Crippen LogP contribution in [0.3, 0.4) is 0 Å². The molecule has 0 fully saturated rings. The van der Waals surface area contributed by atoms with Gasteiger partial charge in [-0.1, -0.05) is 55.0 Å². The van der Waals surface area contributed by atoms with Gasteiger partial charge in [0.15, 0.2) is 6.10 Å². The second kappa shape index (κ2) is 11.1. The highest BCUT2D eigenvalue weighted by molar-refractivity contribution is 6.07. The van der Waals surface area contributed by atoms with Crippen LogP contribution in [0, 0.1) is 6.92 Å². The second-order valence-electron chi connectivity index (χ2n) is 9.05. The number of esters is 1. The van der Waals surface area contributed by atoms with Crippen molar-refractivity contribution in [2.75, 3.05) is 10.6 Å². The first kappa shape index (κ1) is 26.3. The number of carbonyl (C=O) groups is 3. The molecular formula is C30H29N3O5. The molecule has 194 valence electrons. The van der Waals surface area contributed by atoms with Gasteiger partial charge in [-0.3, -0.25) is 14.4 Å². The monoisotopic (exact) mass is 511 g/mol. The van der Waals surface area contributed by atoms with Crippen LogP contribution >= 0.6 is 0 Å². The zero-order chi connectivity index (χ0) is 27.4. The number of pyridine rings is 1. The molecule has 3 aromatic carbocycles. The van der Waals surface area contributed by atoms with Crippen LogP contribution in [0.5, 0.6) is 0 Å². The molecule has 0 aliphatic rings. The number of aromatic nitrogens is 1. The van der Waals surface area contributed by atoms with Crippen LogP contribution in [-0.4, -0.2) is 28.5 Å². The number of hydrogen-bond acceptors (Lipinski definition) is 5. The summed E-state index contributed by atoms with van der Waals surface area (Å²) in [6.45, 7) is 5.11. The Bertz CT molecular complexity index is 1570. The lowest BCUT2D eigenvalue weighted by atomic mass is 9.96. The van der Waals surface area contributed by atoms with Crippen LogP contribution in [0.1, 0.15) is 36.3 Å². The predicted octanol–water partition coefficient (Wildman–Crippen LogP) is 5.05. The van der Waals surface area contributed by atoms with E-state index in [2.05, 4.69) is 10.6 Å². The summed E-state index contributed by atoms with van der Waals surface area (Å²) in [6.07, 6.45) is -0.867. The normalized spacial score (nSPS) is 11.6. The molecule has 8 heteroatoms. The van der Waals surface area contributed by atoms with Crippen LogP contribution in [0.2, 0.25) is 0 Å². The van der Waals surface area contributed by atoms with Gasteiger partial charge in [0.25, 0.3) is 11.5 Å². The summed E-state index contributed by atoms with van der Waals surface area (Å²) in [5.41, 5.74) is 3.19. The summed E-state index contributed by atoms with van der Waals surface area (Å²) < 4.78 is 6.98. The molecule has 0 aliphatic carbocycles. The average Bonchev–Trinajstić information content (AvgIpc) is 2.90. The number of anilines is 2. The Kier molecular flexibility index (Phi) is 7.71. The molecule has 2 amide bonds. The molecule has 38 heavy (non-hydrogen) atoms. The molecule has 4 aromatic rings. The lowest BCUT2D eigenvalue weighted by Gasteiger charge is -2.20. The van der Waals surface area contributed by atoms with E-state index in [9.17, 15) is 19.2 Å². The van der Waals surface area contributed by atoms with Crippen molar-refractivity contribution in [2.24, 2.45) is 7.05 Å². The summed E-state index contributed by atoms with van der Waals surface area (Å²) in [5, 5.41) is 6.51. The molecule has 1 aromatic heterocycles. The maximum absolute atomic E-state index is 13.6. The van der Waals surface area contributed by atoms with Crippen molar-refractivity contribution in [1.82, 2.24) is 4.57 Å². The SMILES string of the molecule is CCC(OC(=O)c1c(-c2ccc(C)cc2)c2ccccc2c(=O)n1C)C(=O)Nc1ccc(NC(C)=O)cc1. The smallest absolute Gasteiger partial charge is 0.356 e. The van der Waals surface area contributed by atoms with Crippen molar-refractivity contribution >= 4 is 39.9 Å². The summed E-state index contributed by atoms with van der Waals surface area (Å²) >= 11 is 0. The highest BCUT2D eigenvalue weighted by Gasteiger charge is 2.27.